The minimum atomic E-state index is -4.06. The van der Waals surface area contributed by atoms with Crippen molar-refractivity contribution in [3.8, 4) is 0 Å². The second-order valence-corrected chi connectivity index (χ2v) is 6.20. The van der Waals surface area contributed by atoms with Crippen LogP contribution in [0.25, 0.3) is 0 Å². The van der Waals surface area contributed by atoms with E-state index in [1.807, 2.05) is 0 Å². The number of nitrogens with two attached hydrogens (primary N) is 1. The number of hydrogen-bond donors (Lipinski definition) is 2. The number of rotatable bonds is 4. The van der Waals surface area contributed by atoms with Crippen molar-refractivity contribution in [3.63, 3.8) is 0 Å². The molecule has 112 valence electrons. The molecular weight excluding hydrogens is 298 g/mol. The van der Waals surface area contributed by atoms with Crippen LogP contribution >= 0.6 is 0 Å². The Kier molecular flexibility index (Phi) is 4.24. The van der Waals surface area contributed by atoms with Crippen LogP contribution in [-0.4, -0.2) is 8.42 Å². The van der Waals surface area contributed by atoms with Crippen molar-refractivity contribution >= 4 is 15.7 Å². The van der Waals surface area contributed by atoms with Gasteiger partial charge in [0, 0.05) is 11.6 Å². The summed E-state index contributed by atoms with van der Waals surface area (Å²) in [7, 11) is -4.06. The quantitative estimate of drug-likeness (QED) is 0.852. The summed E-state index contributed by atoms with van der Waals surface area (Å²) < 4.78 is 53.7. The first-order valence-electron chi connectivity index (χ1n) is 6.13. The Morgan fingerprint density at radius 2 is 1.67 bits per heavy atom. The summed E-state index contributed by atoms with van der Waals surface area (Å²) in [5.74, 6) is -1.35. The van der Waals surface area contributed by atoms with Gasteiger partial charge in [0.05, 0.1) is 5.69 Å². The molecule has 0 saturated heterocycles. The summed E-state index contributed by atoms with van der Waals surface area (Å²) in [6.07, 6.45) is 0. The van der Waals surface area contributed by atoms with Crippen molar-refractivity contribution in [2.24, 2.45) is 0 Å². The van der Waals surface area contributed by atoms with Crippen LogP contribution in [0.2, 0.25) is 0 Å². The monoisotopic (exact) mass is 312 g/mol. The van der Waals surface area contributed by atoms with Gasteiger partial charge in [-0.05, 0) is 25.1 Å². The second kappa shape index (κ2) is 5.79. The Morgan fingerprint density at radius 3 is 2.33 bits per heavy atom. The third-order valence-electron chi connectivity index (χ3n) is 3.01. The van der Waals surface area contributed by atoms with Crippen LogP contribution in [0, 0.1) is 11.6 Å². The molecule has 4 nitrogen and oxygen atoms in total. The van der Waals surface area contributed by atoms with E-state index in [0.717, 1.165) is 6.07 Å². The molecule has 0 amide bonds. The standard InChI is InChI=1S/C14H14F2N2O2S/c1-9(10-5-2-3-6-11(10)15)18-21(19,20)13-8-4-7-12(16)14(13)17/h2-9,18H,17H2,1H3. The molecule has 7 heteroatoms. The lowest BCUT2D eigenvalue weighted by molar-refractivity contribution is 0.549. The van der Waals surface area contributed by atoms with Crippen molar-refractivity contribution in [2.75, 3.05) is 5.73 Å². The van der Waals surface area contributed by atoms with E-state index in [2.05, 4.69) is 4.72 Å². The molecule has 1 unspecified atom stereocenters. The zero-order valence-electron chi connectivity index (χ0n) is 11.2. The summed E-state index contributed by atoms with van der Waals surface area (Å²) in [5.41, 5.74) is 5.17. The number of halogens is 2. The van der Waals surface area contributed by atoms with Gasteiger partial charge in [0.25, 0.3) is 0 Å². The van der Waals surface area contributed by atoms with Crippen LogP contribution in [0.1, 0.15) is 18.5 Å². The van der Waals surface area contributed by atoms with Crippen molar-refractivity contribution in [1.82, 2.24) is 4.72 Å². The maximum absolute atomic E-state index is 13.6. The molecule has 2 aromatic carbocycles. The molecule has 0 radical (unpaired) electrons. The van der Waals surface area contributed by atoms with Crippen molar-refractivity contribution < 1.29 is 17.2 Å². The predicted molar refractivity (Wildman–Crippen MR) is 75.9 cm³/mol. The van der Waals surface area contributed by atoms with Crippen molar-refractivity contribution in [3.05, 3.63) is 59.7 Å². The summed E-state index contributed by atoms with van der Waals surface area (Å²) in [6.45, 7) is 1.49. The number of nitrogens with one attached hydrogen (secondary N) is 1. The Bertz CT molecular complexity index is 763. The van der Waals surface area contributed by atoms with Gasteiger partial charge in [-0.15, -0.1) is 0 Å². The summed E-state index contributed by atoms with van der Waals surface area (Å²) in [4.78, 5) is -0.370. The van der Waals surface area contributed by atoms with Crippen molar-refractivity contribution in [1.29, 1.82) is 0 Å². The molecule has 0 aromatic heterocycles. The van der Waals surface area contributed by atoms with Gasteiger partial charge in [-0.1, -0.05) is 24.3 Å². The smallest absolute Gasteiger partial charge is 0.243 e. The summed E-state index contributed by atoms with van der Waals surface area (Å²) in [5, 5.41) is 0. The Balaban J connectivity index is 2.34. The molecule has 0 saturated carbocycles. The van der Waals surface area contributed by atoms with E-state index >= 15 is 0 Å². The fourth-order valence-electron chi connectivity index (χ4n) is 1.94. The van der Waals surface area contributed by atoms with Crippen LogP contribution in [0.5, 0.6) is 0 Å². The van der Waals surface area contributed by atoms with Crippen LogP contribution < -0.4 is 10.5 Å². The third-order valence-corrected chi connectivity index (χ3v) is 4.60. The number of anilines is 1. The second-order valence-electron chi connectivity index (χ2n) is 4.52. The fourth-order valence-corrected chi connectivity index (χ4v) is 3.30. The molecule has 0 spiro atoms. The molecule has 1 atom stereocenters. The lowest BCUT2D eigenvalue weighted by atomic mass is 10.1. The molecular formula is C14H14F2N2O2S. The molecule has 0 bridgehead atoms. The van der Waals surface area contributed by atoms with Gasteiger partial charge < -0.3 is 5.73 Å². The van der Waals surface area contributed by atoms with Gasteiger partial charge in [-0.2, -0.15) is 0 Å². The molecule has 0 aliphatic carbocycles. The highest BCUT2D eigenvalue weighted by Crippen LogP contribution is 2.24. The zero-order valence-corrected chi connectivity index (χ0v) is 12.0. The minimum Gasteiger partial charge on any atom is -0.395 e. The van der Waals surface area contributed by atoms with Crippen LogP contribution in [0.4, 0.5) is 14.5 Å². The highest BCUT2D eigenvalue weighted by atomic mass is 32.2. The summed E-state index contributed by atoms with van der Waals surface area (Å²) in [6, 6.07) is 8.48. The van der Waals surface area contributed by atoms with Crippen LogP contribution in [0.3, 0.4) is 0 Å². The van der Waals surface area contributed by atoms with Gasteiger partial charge in [-0.3, -0.25) is 0 Å². The van der Waals surface area contributed by atoms with E-state index in [4.69, 9.17) is 5.73 Å². The first kappa shape index (κ1) is 15.4. The topological polar surface area (TPSA) is 72.2 Å². The normalized spacial score (nSPS) is 13.1. The zero-order chi connectivity index (χ0) is 15.6. The maximum atomic E-state index is 13.6. The van der Waals surface area contributed by atoms with Crippen molar-refractivity contribution in [2.45, 2.75) is 17.9 Å². The highest BCUT2D eigenvalue weighted by Gasteiger charge is 2.23. The minimum absolute atomic E-state index is 0.191. The van der Waals surface area contributed by atoms with Gasteiger partial charge in [0.1, 0.15) is 16.5 Å². The van der Waals surface area contributed by atoms with Gasteiger partial charge >= 0.3 is 0 Å². The lowest BCUT2D eigenvalue weighted by Crippen LogP contribution is -2.28. The average molecular weight is 312 g/mol. The first-order valence-corrected chi connectivity index (χ1v) is 7.62. The van der Waals surface area contributed by atoms with E-state index in [1.54, 1.807) is 6.07 Å². The molecule has 0 fully saturated rings. The third kappa shape index (κ3) is 3.20. The molecule has 2 rings (SSSR count). The predicted octanol–water partition coefficient (Wildman–Crippen LogP) is 2.59. The van der Waals surface area contributed by atoms with E-state index in [1.165, 1.54) is 37.3 Å². The number of para-hydroxylation sites is 1. The van der Waals surface area contributed by atoms with Crippen LogP contribution in [0.15, 0.2) is 47.4 Å². The lowest BCUT2D eigenvalue weighted by Gasteiger charge is -2.16. The van der Waals surface area contributed by atoms with Gasteiger partial charge in [-0.25, -0.2) is 21.9 Å². The Morgan fingerprint density at radius 1 is 1.05 bits per heavy atom. The molecule has 0 aliphatic rings. The van der Waals surface area contributed by atoms with E-state index < -0.39 is 33.4 Å². The van der Waals surface area contributed by atoms with E-state index in [0.29, 0.717) is 0 Å². The van der Waals surface area contributed by atoms with E-state index in [9.17, 15) is 17.2 Å². The molecule has 3 N–H and O–H groups in total. The number of nitrogen functional groups attached to an aromatic ring is 1. The molecule has 0 aliphatic heterocycles. The molecule has 21 heavy (non-hydrogen) atoms. The molecule has 0 heterocycles. The largest absolute Gasteiger partial charge is 0.395 e. The fraction of sp³-hybridized carbons (Fsp3) is 0.143. The van der Waals surface area contributed by atoms with E-state index in [-0.39, 0.29) is 10.5 Å². The Labute approximate surface area is 121 Å². The summed E-state index contributed by atoms with van der Waals surface area (Å²) >= 11 is 0. The molecule has 2 aromatic rings. The van der Waals surface area contributed by atoms with Gasteiger partial charge in [0.15, 0.2) is 0 Å². The Hall–Kier alpha value is -1.99. The SMILES string of the molecule is CC(NS(=O)(=O)c1cccc(F)c1N)c1ccccc1F. The highest BCUT2D eigenvalue weighted by molar-refractivity contribution is 7.89. The maximum Gasteiger partial charge on any atom is 0.243 e. The number of benzene rings is 2. The average Bonchev–Trinajstić information content (AvgIpc) is 2.41. The van der Waals surface area contributed by atoms with Gasteiger partial charge in [0.2, 0.25) is 10.0 Å². The first-order chi connectivity index (χ1) is 9.83. The number of sulfonamides is 1. The number of hydrogen-bond acceptors (Lipinski definition) is 3. The van der Waals surface area contributed by atoms with Crippen LogP contribution in [-0.2, 0) is 10.0 Å².